The fourth-order valence-corrected chi connectivity index (χ4v) is 5.56. The second-order valence-electron chi connectivity index (χ2n) is 9.20. The van der Waals surface area contributed by atoms with E-state index in [1.807, 2.05) is 24.3 Å². The first kappa shape index (κ1) is 28.0. The SMILES string of the molecule is CCOC(=O)c1c(NC(=O)c2ccc(OC(C)C(=O)NN=Cc3ccc(CC)cc3)cc2)sc2c1CCCC2. The molecule has 1 unspecified atom stereocenters. The van der Waals surface area contributed by atoms with Crippen LogP contribution >= 0.6 is 11.3 Å². The summed E-state index contributed by atoms with van der Waals surface area (Å²) < 4.78 is 11.0. The standard InChI is InChI=1S/C30H33N3O5S/c1-4-20-10-12-21(13-11-20)18-31-33-27(34)19(3)38-23-16-14-22(15-17-23)28(35)32-29-26(30(36)37-5-2)24-8-6-7-9-25(24)39-29/h10-19H,4-9H2,1-3H3,(H,32,35)(H,33,34). The number of esters is 1. The Morgan fingerprint density at radius 3 is 2.44 bits per heavy atom. The van der Waals surface area contributed by atoms with Crippen molar-refractivity contribution in [1.82, 2.24) is 5.43 Å². The summed E-state index contributed by atoms with van der Waals surface area (Å²) >= 11 is 1.45. The summed E-state index contributed by atoms with van der Waals surface area (Å²) in [6.45, 7) is 5.75. The van der Waals surface area contributed by atoms with Gasteiger partial charge in [-0.2, -0.15) is 5.10 Å². The van der Waals surface area contributed by atoms with E-state index in [4.69, 9.17) is 9.47 Å². The van der Waals surface area contributed by atoms with Crippen molar-refractivity contribution in [1.29, 1.82) is 0 Å². The molecule has 0 bridgehead atoms. The predicted octanol–water partition coefficient (Wildman–Crippen LogP) is 5.54. The van der Waals surface area contributed by atoms with Crippen LogP contribution < -0.4 is 15.5 Å². The number of carbonyl (C=O) groups excluding carboxylic acids is 3. The van der Waals surface area contributed by atoms with Crippen molar-refractivity contribution in [2.24, 2.45) is 5.10 Å². The number of nitrogens with one attached hydrogen (secondary N) is 2. The molecule has 4 rings (SSSR count). The van der Waals surface area contributed by atoms with E-state index in [1.165, 1.54) is 16.9 Å². The number of aryl methyl sites for hydroxylation is 2. The number of fused-ring (bicyclic) bond motifs is 1. The van der Waals surface area contributed by atoms with Crippen molar-refractivity contribution >= 4 is 40.3 Å². The lowest BCUT2D eigenvalue weighted by Crippen LogP contribution is -2.33. The molecular weight excluding hydrogens is 514 g/mol. The molecule has 1 heterocycles. The Hall–Kier alpha value is -3.98. The number of rotatable bonds is 10. The lowest BCUT2D eigenvalue weighted by molar-refractivity contribution is -0.127. The molecule has 2 aromatic carbocycles. The average molecular weight is 548 g/mol. The van der Waals surface area contributed by atoms with Crippen LogP contribution in [-0.4, -0.2) is 36.7 Å². The lowest BCUT2D eigenvalue weighted by Gasteiger charge is -2.13. The van der Waals surface area contributed by atoms with Gasteiger partial charge in [0.15, 0.2) is 6.10 Å². The van der Waals surface area contributed by atoms with Crippen LogP contribution in [-0.2, 0) is 28.8 Å². The molecule has 1 aromatic heterocycles. The van der Waals surface area contributed by atoms with E-state index in [1.54, 1.807) is 44.3 Å². The van der Waals surface area contributed by atoms with Gasteiger partial charge in [-0.1, -0.05) is 31.2 Å². The van der Waals surface area contributed by atoms with Gasteiger partial charge in [0.1, 0.15) is 10.8 Å². The third-order valence-corrected chi connectivity index (χ3v) is 7.66. The van der Waals surface area contributed by atoms with Crippen molar-refractivity contribution in [2.45, 2.75) is 59.0 Å². The highest BCUT2D eigenvalue weighted by atomic mass is 32.1. The smallest absolute Gasteiger partial charge is 0.341 e. The Bertz CT molecular complexity index is 1350. The molecule has 0 saturated carbocycles. The first-order chi connectivity index (χ1) is 18.9. The molecule has 0 radical (unpaired) electrons. The number of hydrogen-bond acceptors (Lipinski definition) is 7. The number of hydrogen-bond donors (Lipinski definition) is 2. The minimum absolute atomic E-state index is 0.272. The van der Waals surface area contributed by atoms with Gasteiger partial charge in [-0.25, -0.2) is 10.2 Å². The van der Waals surface area contributed by atoms with Crippen LogP contribution in [0.3, 0.4) is 0 Å². The maximum Gasteiger partial charge on any atom is 0.341 e. The normalized spacial score (nSPS) is 13.4. The molecular formula is C30H33N3O5S. The molecule has 0 saturated heterocycles. The third-order valence-electron chi connectivity index (χ3n) is 6.45. The first-order valence-corrected chi connectivity index (χ1v) is 14.0. The highest BCUT2D eigenvalue weighted by Crippen LogP contribution is 2.38. The number of carbonyl (C=O) groups is 3. The van der Waals surface area contributed by atoms with Gasteiger partial charge in [-0.15, -0.1) is 11.3 Å². The maximum atomic E-state index is 13.0. The number of amides is 2. The Morgan fingerprint density at radius 2 is 1.74 bits per heavy atom. The fourth-order valence-electron chi connectivity index (χ4n) is 4.29. The molecule has 3 aromatic rings. The first-order valence-electron chi connectivity index (χ1n) is 13.2. The quantitative estimate of drug-likeness (QED) is 0.197. The summed E-state index contributed by atoms with van der Waals surface area (Å²) in [5.41, 5.74) is 6.47. The van der Waals surface area contributed by atoms with Gasteiger partial charge in [0.25, 0.3) is 11.8 Å². The molecule has 1 atom stereocenters. The number of thiophene rings is 1. The van der Waals surface area contributed by atoms with E-state index in [2.05, 4.69) is 22.8 Å². The van der Waals surface area contributed by atoms with E-state index in [0.29, 0.717) is 21.9 Å². The number of nitrogens with zero attached hydrogens (tertiary/aromatic N) is 1. The van der Waals surface area contributed by atoms with Gasteiger partial charge >= 0.3 is 5.97 Å². The molecule has 9 heteroatoms. The fraction of sp³-hybridized carbons (Fsp3) is 0.333. The molecule has 8 nitrogen and oxygen atoms in total. The Kier molecular flexibility index (Phi) is 9.49. The summed E-state index contributed by atoms with van der Waals surface area (Å²) in [5, 5.41) is 7.43. The summed E-state index contributed by atoms with van der Waals surface area (Å²) in [7, 11) is 0. The third kappa shape index (κ3) is 7.11. The van der Waals surface area contributed by atoms with E-state index in [0.717, 1.165) is 48.1 Å². The van der Waals surface area contributed by atoms with Crippen molar-refractivity contribution < 1.29 is 23.9 Å². The van der Waals surface area contributed by atoms with Crippen molar-refractivity contribution in [3.8, 4) is 5.75 Å². The van der Waals surface area contributed by atoms with E-state index in [-0.39, 0.29) is 12.5 Å². The molecule has 39 heavy (non-hydrogen) atoms. The summed E-state index contributed by atoms with van der Waals surface area (Å²) in [6, 6.07) is 14.4. The highest BCUT2D eigenvalue weighted by Gasteiger charge is 2.27. The zero-order valence-electron chi connectivity index (χ0n) is 22.4. The molecule has 2 N–H and O–H groups in total. The largest absolute Gasteiger partial charge is 0.481 e. The monoisotopic (exact) mass is 547 g/mol. The number of hydrazone groups is 1. The molecule has 0 fully saturated rings. The topological polar surface area (TPSA) is 106 Å². The van der Waals surface area contributed by atoms with Gasteiger partial charge in [0.05, 0.1) is 18.4 Å². The summed E-state index contributed by atoms with van der Waals surface area (Å²) in [5.74, 6) is -0.696. The highest BCUT2D eigenvalue weighted by molar-refractivity contribution is 7.17. The Labute approximate surface area is 232 Å². The molecule has 1 aliphatic carbocycles. The second-order valence-corrected chi connectivity index (χ2v) is 10.3. The Balaban J connectivity index is 1.35. The van der Waals surface area contributed by atoms with Crippen LogP contribution in [0.5, 0.6) is 5.75 Å². The van der Waals surface area contributed by atoms with Crippen LogP contribution in [0.25, 0.3) is 0 Å². The predicted molar refractivity (Wildman–Crippen MR) is 153 cm³/mol. The second kappa shape index (κ2) is 13.2. The summed E-state index contributed by atoms with van der Waals surface area (Å²) in [4.78, 5) is 39.2. The van der Waals surface area contributed by atoms with Gasteiger partial charge in [0.2, 0.25) is 0 Å². The number of anilines is 1. The van der Waals surface area contributed by atoms with Crippen molar-refractivity contribution in [3.63, 3.8) is 0 Å². The van der Waals surface area contributed by atoms with Crippen molar-refractivity contribution in [2.75, 3.05) is 11.9 Å². The van der Waals surface area contributed by atoms with Crippen LogP contribution in [0.15, 0.2) is 53.6 Å². The molecule has 2 amide bonds. The molecule has 204 valence electrons. The summed E-state index contributed by atoms with van der Waals surface area (Å²) in [6.07, 6.45) is 5.54. The van der Waals surface area contributed by atoms with E-state index in [9.17, 15) is 14.4 Å². The van der Waals surface area contributed by atoms with Crippen LogP contribution in [0, 0.1) is 0 Å². The molecule has 0 spiro atoms. The van der Waals surface area contributed by atoms with Crippen LogP contribution in [0.4, 0.5) is 5.00 Å². The van der Waals surface area contributed by atoms with Crippen LogP contribution in [0.2, 0.25) is 0 Å². The van der Waals surface area contributed by atoms with Gasteiger partial charge in [0, 0.05) is 10.4 Å². The van der Waals surface area contributed by atoms with E-state index < -0.39 is 18.0 Å². The maximum absolute atomic E-state index is 13.0. The van der Waals surface area contributed by atoms with Crippen LogP contribution in [0.1, 0.15) is 75.9 Å². The average Bonchev–Trinajstić information content (AvgIpc) is 3.31. The number of ether oxygens (including phenoxy) is 2. The lowest BCUT2D eigenvalue weighted by atomic mass is 9.95. The zero-order valence-corrected chi connectivity index (χ0v) is 23.2. The van der Waals surface area contributed by atoms with Crippen molar-refractivity contribution in [3.05, 3.63) is 81.2 Å². The van der Waals surface area contributed by atoms with Gasteiger partial charge < -0.3 is 14.8 Å². The van der Waals surface area contributed by atoms with E-state index >= 15 is 0 Å². The minimum Gasteiger partial charge on any atom is -0.481 e. The minimum atomic E-state index is -0.797. The van der Waals surface area contributed by atoms with Gasteiger partial charge in [-0.3, -0.25) is 9.59 Å². The Morgan fingerprint density at radius 1 is 1.03 bits per heavy atom. The van der Waals surface area contributed by atoms with Gasteiger partial charge in [-0.05, 0) is 86.9 Å². The molecule has 0 aliphatic heterocycles. The molecule has 1 aliphatic rings. The number of benzene rings is 2. The zero-order chi connectivity index (χ0) is 27.8.